The van der Waals surface area contributed by atoms with E-state index >= 15 is 0 Å². The molecule has 0 aromatic heterocycles. The van der Waals surface area contributed by atoms with Gasteiger partial charge in [-0.2, -0.15) is 0 Å². The van der Waals surface area contributed by atoms with Crippen molar-refractivity contribution in [1.82, 2.24) is 0 Å². The minimum Gasteiger partial charge on any atom is -0.204 e. The number of unbranched alkanes of at least 4 members (excludes halogenated alkanes) is 4. The van der Waals surface area contributed by atoms with Gasteiger partial charge >= 0.3 is 0 Å². The van der Waals surface area contributed by atoms with Crippen LogP contribution in [0.4, 0.5) is 8.78 Å². The number of hydrogen-bond donors (Lipinski definition) is 0. The molecule has 0 heterocycles. The summed E-state index contributed by atoms with van der Waals surface area (Å²) in [5, 5.41) is 0. The minimum absolute atomic E-state index is 0.665. The average Bonchev–Trinajstić information content (AvgIpc) is 2.68. The lowest BCUT2D eigenvalue weighted by molar-refractivity contribution is 0.233. The van der Waals surface area contributed by atoms with Gasteiger partial charge in [0.25, 0.3) is 0 Å². The van der Waals surface area contributed by atoms with Crippen molar-refractivity contribution in [1.29, 1.82) is 0 Å². The van der Waals surface area contributed by atoms with Crippen molar-refractivity contribution in [3.8, 4) is 0 Å². The smallest absolute Gasteiger partial charge is 0.159 e. The van der Waals surface area contributed by atoms with E-state index in [2.05, 4.69) is 6.92 Å². The van der Waals surface area contributed by atoms with E-state index in [0.29, 0.717) is 5.92 Å². The van der Waals surface area contributed by atoms with Crippen LogP contribution in [-0.4, -0.2) is 0 Å². The molecule has 0 bridgehead atoms. The van der Waals surface area contributed by atoms with Gasteiger partial charge in [0.1, 0.15) is 0 Å². The highest BCUT2D eigenvalue weighted by Gasteiger charge is 2.24. The summed E-state index contributed by atoms with van der Waals surface area (Å²) in [5.41, 5.74) is 2.08. The molecular weight excluding hydrogens is 338 g/mol. The van der Waals surface area contributed by atoms with Gasteiger partial charge in [-0.15, -0.1) is 0 Å². The molecule has 2 aliphatic carbocycles. The van der Waals surface area contributed by atoms with Gasteiger partial charge in [-0.1, -0.05) is 77.6 Å². The highest BCUT2D eigenvalue weighted by atomic mass is 19.2. The van der Waals surface area contributed by atoms with E-state index in [4.69, 9.17) is 0 Å². The van der Waals surface area contributed by atoms with Crippen LogP contribution in [-0.2, 0) is 12.8 Å². The van der Waals surface area contributed by atoms with Gasteiger partial charge in [0.05, 0.1) is 0 Å². The van der Waals surface area contributed by atoms with Gasteiger partial charge < -0.3 is 0 Å². The number of hydrogen-bond acceptors (Lipinski definition) is 0. The lowest BCUT2D eigenvalue weighted by atomic mass is 9.75. The third-order valence-electron chi connectivity index (χ3n) is 7.24. The van der Waals surface area contributed by atoms with Crippen LogP contribution in [0.1, 0.15) is 102 Å². The molecule has 0 N–H and O–H groups in total. The summed E-state index contributed by atoms with van der Waals surface area (Å²) in [6, 6.07) is 2.87. The van der Waals surface area contributed by atoms with Crippen LogP contribution in [0.5, 0.6) is 0 Å². The first-order chi connectivity index (χ1) is 13.2. The molecule has 2 heteroatoms. The molecule has 27 heavy (non-hydrogen) atoms. The molecule has 152 valence electrons. The maximum atomic E-state index is 13.5. The number of aryl methyl sites for hydroxylation is 1. The lowest BCUT2D eigenvalue weighted by Crippen LogP contribution is -2.19. The fourth-order valence-electron chi connectivity index (χ4n) is 5.39. The molecule has 1 fully saturated rings. The molecule has 3 rings (SSSR count). The fraction of sp³-hybridized carbons (Fsp3) is 0.760. The van der Waals surface area contributed by atoms with Crippen molar-refractivity contribution < 1.29 is 8.78 Å². The second-order valence-electron chi connectivity index (χ2n) is 9.31. The Labute approximate surface area is 165 Å². The van der Waals surface area contributed by atoms with Crippen LogP contribution >= 0.6 is 0 Å². The summed E-state index contributed by atoms with van der Waals surface area (Å²) < 4.78 is 26.9. The highest BCUT2D eigenvalue weighted by Crippen LogP contribution is 2.37. The predicted octanol–water partition coefficient (Wildman–Crippen LogP) is 8.02. The second kappa shape index (κ2) is 10.6. The molecule has 0 aliphatic heterocycles. The first-order valence-electron chi connectivity index (χ1n) is 11.6. The molecule has 0 radical (unpaired) electrons. The third-order valence-corrected chi connectivity index (χ3v) is 7.24. The van der Waals surface area contributed by atoms with E-state index in [1.807, 2.05) is 0 Å². The Morgan fingerprint density at radius 1 is 0.704 bits per heavy atom. The summed E-state index contributed by atoms with van der Waals surface area (Å²) in [7, 11) is 0. The first-order valence-corrected chi connectivity index (χ1v) is 11.6. The zero-order valence-corrected chi connectivity index (χ0v) is 17.2. The monoisotopic (exact) mass is 376 g/mol. The van der Waals surface area contributed by atoms with Crippen LogP contribution in [0.2, 0.25) is 0 Å². The molecule has 1 unspecified atom stereocenters. The van der Waals surface area contributed by atoms with Crippen molar-refractivity contribution in [3.63, 3.8) is 0 Å². The Balaban J connectivity index is 1.33. The molecular formula is C25H38F2. The SMILES string of the molecule is CCCCCCCC1CCC(CCC2CCc3cc(F)c(F)cc3C2)CC1. The summed E-state index contributed by atoms with van der Waals surface area (Å²) >= 11 is 0. The number of fused-ring (bicyclic) bond motifs is 1. The molecule has 0 nitrogen and oxygen atoms in total. The fourth-order valence-corrected chi connectivity index (χ4v) is 5.39. The number of benzene rings is 1. The van der Waals surface area contributed by atoms with Crippen molar-refractivity contribution in [2.24, 2.45) is 17.8 Å². The van der Waals surface area contributed by atoms with E-state index in [-0.39, 0.29) is 0 Å². The Morgan fingerprint density at radius 2 is 1.30 bits per heavy atom. The largest absolute Gasteiger partial charge is 0.204 e. The zero-order valence-electron chi connectivity index (χ0n) is 17.2. The standard InChI is InChI=1S/C25H38F2/c1-2-3-4-5-6-7-19-8-10-20(11-9-19)12-13-21-14-15-22-17-24(26)25(27)18-23(22)16-21/h17-21H,2-16H2,1H3. The summed E-state index contributed by atoms with van der Waals surface area (Å²) in [4.78, 5) is 0. The van der Waals surface area contributed by atoms with E-state index in [1.54, 1.807) is 0 Å². The van der Waals surface area contributed by atoms with E-state index < -0.39 is 11.6 Å². The minimum atomic E-state index is -0.686. The maximum Gasteiger partial charge on any atom is 0.159 e. The quantitative estimate of drug-likeness (QED) is 0.383. The highest BCUT2D eigenvalue weighted by molar-refractivity contribution is 5.31. The Morgan fingerprint density at radius 3 is 2.00 bits per heavy atom. The lowest BCUT2D eigenvalue weighted by Gasteiger charge is -2.31. The molecule has 2 aliphatic rings. The first kappa shape index (κ1) is 20.8. The van der Waals surface area contributed by atoms with Gasteiger partial charge in [-0.3, -0.25) is 0 Å². The maximum absolute atomic E-state index is 13.5. The Kier molecular flexibility index (Phi) is 8.15. The van der Waals surface area contributed by atoms with Crippen LogP contribution < -0.4 is 0 Å². The summed E-state index contributed by atoms with van der Waals surface area (Å²) in [6.45, 7) is 2.28. The van der Waals surface area contributed by atoms with Crippen LogP contribution in [0, 0.1) is 29.4 Å². The molecule has 0 saturated heterocycles. The molecule has 1 saturated carbocycles. The number of rotatable bonds is 9. The topological polar surface area (TPSA) is 0 Å². The van der Waals surface area contributed by atoms with Gasteiger partial charge in [0, 0.05) is 0 Å². The van der Waals surface area contributed by atoms with Crippen molar-refractivity contribution in [3.05, 3.63) is 34.9 Å². The summed E-state index contributed by atoms with van der Waals surface area (Å²) in [6.07, 6.45) is 19.8. The Bertz CT molecular complexity index is 572. The average molecular weight is 377 g/mol. The van der Waals surface area contributed by atoms with Gasteiger partial charge in [-0.25, -0.2) is 8.78 Å². The van der Waals surface area contributed by atoms with E-state index in [9.17, 15) is 8.78 Å². The van der Waals surface area contributed by atoms with Gasteiger partial charge in [-0.05, 0) is 66.7 Å². The molecule has 0 spiro atoms. The zero-order chi connectivity index (χ0) is 19.1. The molecule has 1 atom stereocenters. The number of halogens is 2. The van der Waals surface area contributed by atoms with Gasteiger partial charge in [0.2, 0.25) is 0 Å². The van der Waals surface area contributed by atoms with Gasteiger partial charge in [0.15, 0.2) is 11.6 Å². The van der Waals surface area contributed by atoms with Crippen molar-refractivity contribution in [2.45, 2.75) is 103 Å². The van der Waals surface area contributed by atoms with Crippen LogP contribution in [0.3, 0.4) is 0 Å². The Hall–Kier alpha value is -0.920. The van der Waals surface area contributed by atoms with E-state index in [0.717, 1.165) is 42.2 Å². The summed E-state index contributed by atoms with van der Waals surface area (Å²) in [5.74, 6) is 1.20. The molecule has 0 amide bonds. The second-order valence-corrected chi connectivity index (χ2v) is 9.31. The van der Waals surface area contributed by atoms with E-state index in [1.165, 1.54) is 89.2 Å². The van der Waals surface area contributed by atoms with Crippen LogP contribution in [0.25, 0.3) is 0 Å². The van der Waals surface area contributed by atoms with Crippen molar-refractivity contribution in [2.75, 3.05) is 0 Å². The third kappa shape index (κ3) is 6.29. The van der Waals surface area contributed by atoms with Crippen LogP contribution in [0.15, 0.2) is 12.1 Å². The predicted molar refractivity (Wildman–Crippen MR) is 110 cm³/mol. The molecule has 1 aromatic carbocycles. The molecule has 1 aromatic rings. The normalized spacial score (nSPS) is 25.4. The van der Waals surface area contributed by atoms with Crippen molar-refractivity contribution >= 4 is 0 Å².